The van der Waals surface area contributed by atoms with E-state index in [9.17, 15) is 4.79 Å². The monoisotopic (exact) mass is 295 g/mol. The summed E-state index contributed by atoms with van der Waals surface area (Å²) in [5.41, 5.74) is 2.09. The average Bonchev–Trinajstić information content (AvgIpc) is 2.76. The van der Waals surface area contributed by atoms with E-state index in [-0.39, 0.29) is 11.8 Å². The summed E-state index contributed by atoms with van der Waals surface area (Å²) in [5, 5.41) is 3.85. The van der Waals surface area contributed by atoms with Gasteiger partial charge in [0.1, 0.15) is 0 Å². The van der Waals surface area contributed by atoms with Crippen LogP contribution >= 0.6 is 15.9 Å². The van der Waals surface area contributed by atoms with Gasteiger partial charge in [-0.05, 0) is 36.5 Å². The summed E-state index contributed by atoms with van der Waals surface area (Å²) in [6, 6.07) is 7.99. The van der Waals surface area contributed by atoms with Crippen LogP contribution in [0.4, 0.5) is 5.69 Å². The van der Waals surface area contributed by atoms with E-state index >= 15 is 0 Å². The second-order valence-electron chi connectivity index (χ2n) is 4.84. The van der Waals surface area contributed by atoms with Gasteiger partial charge in [0.25, 0.3) is 0 Å². The fourth-order valence-corrected chi connectivity index (χ4v) is 2.85. The van der Waals surface area contributed by atoms with E-state index in [1.807, 2.05) is 24.3 Å². The van der Waals surface area contributed by atoms with Gasteiger partial charge in [-0.25, -0.2) is 0 Å². The molecule has 0 aromatic heterocycles. The first-order valence-corrected chi connectivity index (χ1v) is 7.28. The van der Waals surface area contributed by atoms with Crippen LogP contribution in [0.25, 0.3) is 0 Å². The summed E-state index contributed by atoms with van der Waals surface area (Å²) in [7, 11) is 0. The predicted octanol–water partition coefficient (Wildman–Crippen LogP) is 3.96. The van der Waals surface area contributed by atoms with Gasteiger partial charge < -0.3 is 5.32 Å². The van der Waals surface area contributed by atoms with Crippen LogP contribution in [0.2, 0.25) is 0 Å². The van der Waals surface area contributed by atoms with Gasteiger partial charge in [-0.3, -0.25) is 4.79 Å². The molecule has 1 saturated carbocycles. The molecule has 0 bridgehead atoms. The van der Waals surface area contributed by atoms with E-state index in [4.69, 9.17) is 0 Å². The van der Waals surface area contributed by atoms with Crippen LogP contribution in [0.5, 0.6) is 0 Å². The van der Waals surface area contributed by atoms with Gasteiger partial charge in [-0.2, -0.15) is 0 Å². The molecule has 2 unspecified atom stereocenters. The highest BCUT2D eigenvalue weighted by atomic mass is 79.9. The Kier molecular flexibility index (Phi) is 4.21. The third-order valence-electron chi connectivity index (χ3n) is 3.55. The number of alkyl halides is 1. The summed E-state index contributed by atoms with van der Waals surface area (Å²) >= 11 is 3.42. The van der Waals surface area contributed by atoms with Crippen LogP contribution in [0.15, 0.2) is 24.3 Å². The van der Waals surface area contributed by atoms with Crippen molar-refractivity contribution < 1.29 is 4.79 Å². The number of halogens is 1. The highest BCUT2D eigenvalue weighted by Gasteiger charge is 2.29. The Labute approximate surface area is 111 Å². The molecule has 92 valence electrons. The molecule has 1 aromatic carbocycles. The first-order chi connectivity index (χ1) is 8.20. The summed E-state index contributed by atoms with van der Waals surface area (Å²) in [4.78, 5) is 12.1. The molecule has 1 N–H and O–H groups in total. The molecule has 0 aliphatic heterocycles. The zero-order valence-electron chi connectivity index (χ0n) is 10.1. The fourth-order valence-electron chi connectivity index (χ4n) is 2.50. The van der Waals surface area contributed by atoms with Crippen molar-refractivity contribution in [2.24, 2.45) is 11.8 Å². The molecular formula is C14H18BrNO. The minimum atomic E-state index is 0.182. The standard InChI is InChI=1S/C14H18BrNO/c1-10-4-2-7-13(10)14(17)16-12-6-3-5-11(8-12)9-15/h3,5-6,8,10,13H,2,4,7,9H2,1H3,(H,16,17). The van der Waals surface area contributed by atoms with Gasteiger partial charge in [0, 0.05) is 16.9 Å². The minimum absolute atomic E-state index is 0.182. The van der Waals surface area contributed by atoms with E-state index < -0.39 is 0 Å². The van der Waals surface area contributed by atoms with Gasteiger partial charge in [0.15, 0.2) is 0 Å². The number of hydrogen-bond donors (Lipinski definition) is 1. The number of benzene rings is 1. The van der Waals surface area contributed by atoms with Crippen molar-refractivity contribution in [1.82, 2.24) is 0 Å². The summed E-state index contributed by atoms with van der Waals surface area (Å²) < 4.78 is 0. The van der Waals surface area contributed by atoms with Gasteiger partial charge in [-0.1, -0.05) is 41.4 Å². The number of carbonyl (C=O) groups excluding carboxylic acids is 1. The number of amides is 1. The van der Waals surface area contributed by atoms with Crippen LogP contribution in [-0.2, 0) is 10.1 Å². The lowest BCUT2D eigenvalue weighted by atomic mass is 9.97. The van der Waals surface area contributed by atoms with Crippen molar-refractivity contribution in [3.8, 4) is 0 Å². The second kappa shape index (κ2) is 5.67. The normalized spacial score (nSPS) is 23.6. The van der Waals surface area contributed by atoms with Crippen molar-refractivity contribution in [1.29, 1.82) is 0 Å². The Bertz CT molecular complexity index is 405. The quantitative estimate of drug-likeness (QED) is 0.841. The van der Waals surface area contributed by atoms with Crippen LogP contribution in [0.1, 0.15) is 31.7 Å². The minimum Gasteiger partial charge on any atom is -0.326 e. The van der Waals surface area contributed by atoms with Crippen LogP contribution in [0.3, 0.4) is 0 Å². The SMILES string of the molecule is CC1CCCC1C(=O)Nc1cccc(CBr)c1. The maximum absolute atomic E-state index is 12.1. The van der Waals surface area contributed by atoms with E-state index in [0.717, 1.165) is 17.4 Å². The maximum Gasteiger partial charge on any atom is 0.227 e. The third kappa shape index (κ3) is 3.09. The number of rotatable bonds is 3. The van der Waals surface area contributed by atoms with E-state index in [1.54, 1.807) is 0 Å². The lowest BCUT2D eigenvalue weighted by molar-refractivity contribution is -0.120. The molecule has 1 fully saturated rings. The number of hydrogen-bond acceptors (Lipinski definition) is 1. The van der Waals surface area contributed by atoms with Gasteiger partial charge in [0.05, 0.1) is 0 Å². The topological polar surface area (TPSA) is 29.1 Å². The average molecular weight is 296 g/mol. The molecule has 3 heteroatoms. The van der Waals surface area contributed by atoms with Crippen molar-refractivity contribution in [3.63, 3.8) is 0 Å². The Hall–Kier alpha value is -0.830. The van der Waals surface area contributed by atoms with Crippen LogP contribution in [-0.4, -0.2) is 5.91 Å². The Morgan fingerprint density at radius 3 is 2.94 bits per heavy atom. The van der Waals surface area contributed by atoms with Crippen LogP contribution < -0.4 is 5.32 Å². The maximum atomic E-state index is 12.1. The molecule has 2 nitrogen and oxygen atoms in total. The molecule has 2 rings (SSSR count). The third-order valence-corrected chi connectivity index (χ3v) is 4.19. The van der Waals surface area contributed by atoms with Crippen molar-refractivity contribution in [3.05, 3.63) is 29.8 Å². The number of nitrogens with one attached hydrogen (secondary N) is 1. The van der Waals surface area contributed by atoms with Gasteiger partial charge in [-0.15, -0.1) is 0 Å². The summed E-state index contributed by atoms with van der Waals surface area (Å²) in [5.74, 6) is 0.902. The molecule has 1 aliphatic rings. The molecule has 17 heavy (non-hydrogen) atoms. The molecule has 1 aliphatic carbocycles. The summed E-state index contributed by atoms with van der Waals surface area (Å²) in [6.45, 7) is 2.17. The van der Waals surface area contributed by atoms with E-state index in [2.05, 4.69) is 28.2 Å². The molecule has 0 spiro atoms. The lowest BCUT2D eigenvalue weighted by Gasteiger charge is -2.15. The Morgan fingerprint density at radius 2 is 2.29 bits per heavy atom. The second-order valence-corrected chi connectivity index (χ2v) is 5.40. The molecule has 0 saturated heterocycles. The lowest BCUT2D eigenvalue weighted by Crippen LogP contribution is -2.24. The Balaban J connectivity index is 2.02. The molecule has 0 heterocycles. The molecule has 1 amide bonds. The highest BCUT2D eigenvalue weighted by Crippen LogP contribution is 2.32. The highest BCUT2D eigenvalue weighted by molar-refractivity contribution is 9.08. The van der Waals surface area contributed by atoms with E-state index in [1.165, 1.54) is 18.4 Å². The first-order valence-electron chi connectivity index (χ1n) is 6.16. The summed E-state index contributed by atoms with van der Waals surface area (Å²) in [6.07, 6.45) is 3.39. The molecular weight excluding hydrogens is 278 g/mol. The van der Waals surface area contributed by atoms with E-state index in [0.29, 0.717) is 5.92 Å². The van der Waals surface area contributed by atoms with Crippen LogP contribution in [0, 0.1) is 11.8 Å². The smallest absolute Gasteiger partial charge is 0.227 e. The van der Waals surface area contributed by atoms with Gasteiger partial charge >= 0.3 is 0 Å². The zero-order valence-corrected chi connectivity index (χ0v) is 11.7. The largest absolute Gasteiger partial charge is 0.326 e. The molecule has 1 aromatic rings. The Morgan fingerprint density at radius 1 is 1.47 bits per heavy atom. The van der Waals surface area contributed by atoms with Crippen molar-refractivity contribution >= 4 is 27.5 Å². The van der Waals surface area contributed by atoms with Crippen molar-refractivity contribution in [2.75, 3.05) is 5.32 Å². The van der Waals surface area contributed by atoms with Gasteiger partial charge in [0.2, 0.25) is 5.91 Å². The predicted molar refractivity (Wildman–Crippen MR) is 74.2 cm³/mol. The fraction of sp³-hybridized carbons (Fsp3) is 0.500. The number of carbonyl (C=O) groups is 1. The first kappa shape index (κ1) is 12.6. The van der Waals surface area contributed by atoms with Crippen molar-refractivity contribution in [2.45, 2.75) is 31.5 Å². The molecule has 0 radical (unpaired) electrons. The molecule has 2 atom stereocenters. The zero-order chi connectivity index (χ0) is 12.3. The number of anilines is 1.